The molecule has 2 aliphatic rings. The van der Waals surface area contributed by atoms with Crippen LogP contribution >= 0.6 is 0 Å². The van der Waals surface area contributed by atoms with E-state index in [9.17, 15) is 33.9 Å². The molecule has 4 rings (SSSR count). The number of rotatable bonds is 14. The molecule has 0 saturated carbocycles. The second kappa shape index (κ2) is 16.7. The topological polar surface area (TPSA) is 188 Å². The van der Waals surface area contributed by atoms with Crippen molar-refractivity contribution in [1.29, 1.82) is 0 Å². The van der Waals surface area contributed by atoms with Crippen molar-refractivity contribution in [2.24, 2.45) is 11.7 Å². The number of nitrogens with zero attached hydrogens (tertiary/aromatic N) is 1. The summed E-state index contributed by atoms with van der Waals surface area (Å²) in [5, 5.41) is 18.1. The molecule has 2 aliphatic heterocycles. The second-order valence-electron chi connectivity index (χ2n) is 12.6. The van der Waals surface area contributed by atoms with Crippen LogP contribution in [0.4, 0.5) is 0 Å². The van der Waals surface area contributed by atoms with Gasteiger partial charge in [0.25, 0.3) is 0 Å². The van der Waals surface area contributed by atoms with E-state index in [1.165, 1.54) is 19.1 Å². The largest absolute Gasteiger partial charge is 0.508 e. The molecule has 2 heterocycles. The Hall–Kier alpha value is -4.74. The first-order chi connectivity index (χ1) is 22.5. The molecule has 0 spiro atoms. The summed E-state index contributed by atoms with van der Waals surface area (Å²) >= 11 is 0. The zero-order valence-electron chi connectivity index (χ0n) is 26.8. The van der Waals surface area contributed by atoms with E-state index in [4.69, 9.17) is 5.73 Å². The highest BCUT2D eigenvalue weighted by Gasteiger charge is 2.44. The summed E-state index contributed by atoms with van der Waals surface area (Å²) in [4.78, 5) is 79.6. The number of fused-ring (bicyclic) bond motifs is 1. The van der Waals surface area contributed by atoms with Gasteiger partial charge in [0, 0.05) is 31.3 Å². The summed E-state index contributed by atoms with van der Waals surface area (Å²) in [6, 6.07) is 12.7. The number of carbonyl (C=O) groups is 6. The molecule has 0 radical (unpaired) electrons. The summed E-state index contributed by atoms with van der Waals surface area (Å²) in [5.41, 5.74) is 6.98. The van der Waals surface area contributed by atoms with Gasteiger partial charge in [-0.05, 0) is 68.7 Å². The van der Waals surface area contributed by atoms with E-state index >= 15 is 0 Å². The molecule has 6 N–H and O–H groups in total. The molecule has 1 unspecified atom stereocenters. The van der Waals surface area contributed by atoms with Crippen LogP contribution in [0.25, 0.3) is 0 Å². The minimum absolute atomic E-state index is 0.00302. The molecule has 252 valence electrons. The highest BCUT2D eigenvalue weighted by molar-refractivity contribution is 5.95. The normalized spacial score (nSPS) is 20.6. The fourth-order valence-corrected chi connectivity index (χ4v) is 6.47. The Balaban J connectivity index is 1.46. The highest BCUT2D eigenvalue weighted by Crippen LogP contribution is 2.32. The number of hydrogen-bond donors (Lipinski definition) is 5. The zero-order valence-corrected chi connectivity index (χ0v) is 26.8. The van der Waals surface area contributed by atoms with Gasteiger partial charge < -0.3 is 36.5 Å². The van der Waals surface area contributed by atoms with Gasteiger partial charge in [-0.2, -0.15) is 0 Å². The van der Waals surface area contributed by atoms with E-state index in [2.05, 4.69) is 16.0 Å². The number of benzene rings is 2. The first-order valence-electron chi connectivity index (χ1n) is 16.3. The number of phenolic OH excluding ortho intramolecular Hbond substituents is 1. The third-order valence-electron chi connectivity index (χ3n) is 8.90. The van der Waals surface area contributed by atoms with Crippen LogP contribution in [0, 0.1) is 5.92 Å². The quantitative estimate of drug-likeness (QED) is 0.207. The minimum Gasteiger partial charge on any atom is -0.508 e. The number of phenols is 1. The number of carbonyl (C=O) groups excluding carboxylic acids is 6. The lowest BCUT2D eigenvalue weighted by atomic mass is 9.92. The maximum Gasteiger partial charge on any atom is 0.246 e. The van der Waals surface area contributed by atoms with Crippen molar-refractivity contribution in [3.8, 4) is 5.75 Å². The van der Waals surface area contributed by atoms with Gasteiger partial charge in [-0.25, -0.2) is 0 Å². The third kappa shape index (κ3) is 10.1. The predicted molar refractivity (Wildman–Crippen MR) is 173 cm³/mol. The number of nitrogens with two attached hydrogens (primary N) is 1. The van der Waals surface area contributed by atoms with E-state index in [-0.39, 0.29) is 55.7 Å². The van der Waals surface area contributed by atoms with Crippen molar-refractivity contribution < 1.29 is 33.9 Å². The molecule has 0 aliphatic carbocycles. The Kier molecular flexibility index (Phi) is 12.5. The van der Waals surface area contributed by atoms with Crippen molar-refractivity contribution >= 4 is 35.3 Å². The molecule has 2 saturated heterocycles. The second-order valence-corrected chi connectivity index (χ2v) is 12.6. The van der Waals surface area contributed by atoms with E-state index in [0.29, 0.717) is 32.1 Å². The molecule has 2 aromatic carbocycles. The molecule has 5 amide bonds. The Bertz CT molecular complexity index is 1430. The minimum atomic E-state index is -1.04. The number of aromatic hydroxyl groups is 1. The van der Waals surface area contributed by atoms with Crippen molar-refractivity contribution in [3.05, 3.63) is 65.7 Å². The molecule has 2 aromatic rings. The number of ketones is 1. The monoisotopic (exact) mass is 647 g/mol. The van der Waals surface area contributed by atoms with Gasteiger partial charge in [-0.15, -0.1) is 0 Å². The van der Waals surface area contributed by atoms with Crippen LogP contribution in [0.15, 0.2) is 54.6 Å². The molecule has 0 bridgehead atoms. The number of amides is 5. The highest BCUT2D eigenvalue weighted by atomic mass is 16.3. The Morgan fingerprint density at radius 1 is 0.915 bits per heavy atom. The smallest absolute Gasteiger partial charge is 0.246 e. The van der Waals surface area contributed by atoms with Crippen LogP contribution in [-0.4, -0.2) is 69.5 Å². The predicted octanol–water partition coefficient (Wildman–Crippen LogP) is 2.02. The summed E-state index contributed by atoms with van der Waals surface area (Å²) in [6.45, 7) is 1.65. The number of hydrogen-bond acceptors (Lipinski definition) is 7. The van der Waals surface area contributed by atoms with E-state index in [1.54, 1.807) is 17.0 Å². The standard InChI is InChI=1S/C35H45N5O7/c1-22(41)19-25(20-23-11-14-27(42)15-12-23)32(44)39-29-10-6-5-9-26-13-17-30(40(26)35(29)47)34(46)38-28(16-18-31(36)43)33(45)37-21-24-7-3-2-4-8-24/h2-4,7-8,11-12,14-15,25-26,28-30,42H,5-6,9-10,13,16-21H2,1H3,(H2,36,43)(H,37,45)(H,38,46)(H,39,44)/t25-,26?,28-,29-,30-/m0/s1. The summed E-state index contributed by atoms with van der Waals surface area (Å²) in [6.07, 6.45) is 3.75. The maximum absolute atomic E-state index is 14.1. The Morgan fingerprint density at radius 3 is 2.30 bits per heavy atom. The fraction of sp³-hybridized carbons (Fsp3) is 0.486. The van der Waals surface area contributed by atoms with Gasteiger partial charge in [0.2, 0.25) is 29.5 Å². The van der Waals surface area contributed by atoms with Gasteiger partial charge in [0.15, 0.2) is 0 Å². The maximum atomic E-state index is 14.1. The molecule has 5 atom stereocenters. The third-order valence-corrected chi connectivity index (χ3v) is 8.90. The van der Waals surface area contributed by atoms with Crippen LogP contribution in [0.2, 0.25) is 0 Å². The van der Waals surface area contributed by atoms with E-state index in [1.807, 2.05) is 30.3 Å². The van der Waals surface area contributed by atoms with Crippen LogP contribution in [0.3, 0.4) is 0 Å². The number of Topliss-reactive ketones (excluding diaryl/α,β-unsaturated/α-hetero) is 1. The van der Waals surface area contributed by atoms with E-state index < -0.39 is 47.7 Å². The van der Waals surface area contributed by atoms with Gasteiger partial charge in [-0.3, -0.25) is 24.0 Å². The molecule has 12 nitrogen and oxygen atoms in total. The fourth-order valence-electron chi connectivity index (χ4n) is 6.47. The van der Waals surface area contributed by atoms with Crippen LogP contribution < -0.4 is 21.7 Å². The van der Waals surface area contributed by atoms with Gasteiger partial charge in [-0.1, -0.05) is 55.3 Å². The molecule has 2 fully saturated rings. The zero-order chi connectivity index (χ0) is 33.9. The van der Waals surface area contributed by atoms with Crippen LogP contribution in [-0.2, 0) is 41.7 Å². The summed E-state index contributed by atoms with van der Waals surface area (Å²) in [5.74, 6) is -3.16. The number of nitrogens with one attached hydrogen (secondary N) is 3. The summed E-state index contributed by atoms with van der Waals surface area (Å²) < 4.78 is 0. The molecular formula is C35H45N5O7. The van der Waals surface area contributed by atoms with E-state index in [0.717, 1.165) is 17.5 Å². The lowest BCUT2D eigenvalue weighted by Gasteiger charge is -2.36. The van der Waals surface area contributed by atoms with Crippen molar-refractivity contribution in [1.82, 2.24) is 20.9 Å². The molecular weight excluding hydrogens is 602 g/mol. The first kappa shape index (κ1) is 35.1. The lowest BCUT2D eigenvalue weighted by molar-refractivity contribution is -0.145. The Labute approximate surface area is 274 Å². The SMILES string of the molecule is CC(=O)C[C@@H](Cc1ccc(O)cc1)C(=O)N[C@H]1CCCCC2CC[C@@H](C(=O)N[C@@H](CCC(N)=O)C(=O)NCc3ccccc3)N2C1=O. The van der Waals surface area contributed by atoms with Crippen LogP contribution in [0.1, 0.15) is 75.8 Å². The lowest BCUT2D eigenvalue weighted by Crippen LogP contribution is -2.58. The van der Waals surface area contributed by atoms with Crippen molar-refractivity contribution in [2.45, 2.75) is 102 Å². The van der Waals surface area contributed by atoms with Crippen LogP contribution in [0.5, 0.6) is 5.75 Å². The molecule has 47 heavy (non-hydrogen) atoms. The Morgan fingerprint density at radius 2 is 1.62 bits per heavy atom. The van der Waals surface area contributed by atoms with Crippen molar-refractivity contribution in [3.63, 3.8) is 0 Å². The number of primary amides is 1. The molecule has 0 aromatic heterocycles. The van der Waals surface area contributed by atoms with Gasteiger partial charge in [0.05, 0.1) is 0 Å². The molecule has 12 heteroatoms. The average Bonchev–Trinajstić information content (AvgIpc) is 3.46. The van der Waals surface area contributed by atoms with Gasteiger partial charge >= 0.3 is 0 Å². The van der Waals surface area contributed by atoms with Crippen molar-refractivity contribution in [2.75, 3.05) is 0 Å². The summed E-state index contributed by atoms with van der Waals surface area (Å²) in [7, 11) is 0. The average molecular weight is 648 g/mol. The van der Waals surface area contributed by atoms with Gasteiger partial charge in [0.1, 0.15) is 29.7 Å². The first-order valence-corrected chi connectivity index (χ1v) is 16.3.